The molecular weight excluding hydrogens is 366 g/mol. The number of fused-ring (bicyclic) bond motifs is 1. The van der Waals surface area contributed by atoms with Crippen LogP contribution in [0.25, 0.3) is 11.0 Å². The predicted octanol–water partition coefficient (Wildman–Crippen LogP) is 3.40. The topological polar surface area (TPSA) is 79.3 Å². The number of hydrogen-bond acceptors (Lipinski definition) is 3. The predicted molar refractivity (Wildman–Crippen MR) is 113 cm³/mol. The Morgan fingerprint density at radius 3 is 2.69 bits per heavy atom. The summed E-state index contributed by atoms with van der Waals surface area (Å²) in [5.41, 5.74) is 3.22. The van der Waals surface area contributed by atoms with Gasteiger partial charge in [0.1, 0.15) is 5.82 Å². The quantitative estimate of drug-likeness (QED) is 0.700. The van der Waals surface area contributed by atoms with Gasteiger partial charge in [0.15, 0.2) is 0 Å². The van der Waals surface area contributed by atoms with Gasteiger partial charge in [0.2, 0.25) is 0 Å². The van der Waals surface area contributed by atoms with Gasteiger partial charge in [-0.1, -0.05) is 18.2 Å². The number of carbonyl (C=O) groups is 2. The van der Waals surface area contributed by atoms with Gasteiger partial charge in [-0.3, -0.25) is 4.79 Å². The van der Waals surface area contributed by atoms with E-state index in [-0.39, 0.29) is 11.9 Å². The van der Waals surface area contributed by atoms with Crippen LogP contribution in [-0.2, 0) is 6.54 Å². The number of urea groups is 1. The minimum atomic E-state index is -0.294. The monoisotopic (exact) mass is 391 g/mol. The molecule has 4 rings (SSSR count). The van der Waals surface area contributed by atoms with Crippen molar-refractivity contribution in [1.29, 1.82) is 0 Å². The van der Waals surface area contributed by atoms with Gasteiger partial charge in [0.05, 0.1) is 11.0 Å². The molecule has 0 aliphatic carbocycles. The number of nitrogens with one attached hydrogen (secondary N) is 2. The highest BCUT2D eigenvalue weighted by molar-refractivity contribution is 5.97. The summed E-state index contributed by atoms with van der Waals surface area (Å²) in [6.07, 6.45) is 2.11. The maximum atomic E-state index is 12.5. The molecule has 1 aliphatic heterocycles. The van der Waals surface area contributed by atoms with Crippen molar-refractivity contribution < 1.29 is 9.59 Å². The van der Waals surface area contributed by atoms with Crippen LogP contribution in [0.3, 0.4) is 0 Å². The Balaban J connectivity index is 1.33. The Bertz CT molecular complexity index is 1040. The lowest BCUT2D eigenvalue weighted by molar-refractivity contribution is 0.0793. The number of hydrogen-bond donors (Lipinski definition) is 2. The zero-order valence-corrected chi connectivity index (χ0v) is 16.5. The van der Waals surface area contributed by atoms with Crippen molar-refractivity contribution in [3.63, 3.8) is 0 Å². The summed E-state index contributed by atoms with van der Waals surface area (Å²) in [6.45, 7) is 4.67. The average molecular weight is 391 g/mol. The normalized spacial score (nSPS) is 13.6. The first kappa shape index (κ1) is 19.0. The van der Waals surface area contributed by atoms with Gasteiger partial charge in [0, 0.05) is 37.4 Å². The molecule has 2 N–H and O–H groups in total. The largest absolute Gasteiger partial charge is 0.339 e. The average Bonchev–Trinajstić information content (AvgIpc) is 3.36. The first-order valence-electron chi connectivity index (χ1n) is 9.98. The number of aromatic nitrogens is 2. The fourth-order valence-corrected chi connectivity index (χ4v) is 3.77. The van der Waals surface area contributed by atoms with Crippen LogP contribution in [-0.4, -0.2) is 46.0 Å². The molecule has 2 aromatic carbocycles. The third-order valence-corrected chi connectivity index (χ3v) is 5.23. The minimum absolute atomic E-state index is 0.0222. The first-order valence-corrected chi connectivity index (χ1v) is 9.98. The van der Waals surface area contributed by atoms with Crippen molar-refractivity contribution in [2.45, 2.75) is 26.3 Å². The van der Waals surface area contributed by atoms with E-state index in [9.17, 15) is 9.59 Å². The second kappa shape index (κ2) is 8.34. The third-order valence-electron chi connectivity index (χ3n) is 5.23. The summed E-state index contributed by atoms with van der Waals surface area (Å²) < 4.78 is 2.09. The van der Waals surface area contributed by atoms with Crippen molar-refractivity contribution >= 4 is 28.7 Å². The molecule has 1 aromatic heterocycles. The molecule has 3 amide bonds. The van der Waals surface area contributed by atoms with Crippen molar-refractivity contribution in [3.8, 4) is 0 Å². The standard InChI is InChI=1S/C22H25N5O2/c1-16-24-19-9-2-3-10-20(19)27(16)14-11-23-22(29)25-18-8-6-7-17(15-18)21(28)26-12-4-5-13-26/h2-3,6-10,15H,4-5,11-14H2,1H3,(H2,23,25,29). The van der Waals surface area contributed by atoms with Crippen molar-refractivity contribution in [1.82, 2.24) is 19.8 Å². The van der Waals surface area contributed by atoms with Gasteiger partial charge in [-0.2, -0.15) is 0 Å². The van der Waals surface area contributed by atoms with Crippen LogP contribution in [0.5, 0.6) is 0 Å². The van der Waals surface area contributed by atoms with Crippen LogP contribution in [0.1, 0.15) is 29.0 Å². The summed E-state index contributed by atoms with van der Waals surface area (Å²) in [5.74, 6) is 0.940. The van der Waals surface area contributed by atoms with Gasteiger partial charge in [-0.25, -0.2) is 9.78 Å². The minimum Gasteiger partial charge on any atom is -0.339 e. The SMILES string of the molecule is Cc1nc2ccccc2n1CCNC(=O)Nc1cccc(C(=O)N2CCCC2)c1. The number of para-hydroxylation sites is 2. The lowest BCUT2D eigenvalue weighted by atomic mass is 10.2. The van der Waals surface area contributed by atoms with Crippen LogP contribution >= 0.6 is 0 Å². The fraction of sp³-hybridized carbons (Fsp3) is 0.318. The fourth-order valence-electron chi connectivity index (χ4n) is 3.77. The van der Waals surface area contributed by atoms with E-state index in [0.29, 0.717) is 24.3 Å². The van der Waals surface area contributed by atoms with E-state index >= 15 is 0 Å². The molecule has 2 heterocycles. The summed E-state index contributed by atoms with van der Waals surface area (Å²) in [5, 5.41) is 5.69. The number of rotatable bonds is 5. The number of nitrogens with zero attached hydrogens (tertiary/aromatic N) is 3. The molecule has 0 spiro atoms. The maximum absolute atomic E-state index is 12.5. The van der Waals surface area contributed by atoms with Crippen molar-refractivity contribution in [2.24, 2.45) is 0 Å². The number of likely N-dealkylation sites (tertiary alicyclic amines) is 1. The van der Waals surface area contributed by atoms with E-state index < -0.39 is 0 Å². The van der Waals surface area contributed by atoms with Crippen LogP contribution in [0.4, 0.5) is 10.5 Å². The van der Waals surface area contributed by atoms with Gasteiger partial charge in [-0.15, -0.1) is 0 Å². The zero-order chi connectivity index (χ0) is 20.2. The molecule has 7 nitrogen and oxygen atoms in total. The van der Waals surface area contributed by atoms with Crippen LogP contribution in [0.2, 0.25) is 0 Å². The van der Waals surface area contributed by atoms with E-state index in [4.69, 9.17) is 0 Å². The Labute approximate surface area is 169 Å². The lowest BCUT2D eigenvalue weighted by Gasteiger charge is -2.16. The summed E-state index contributed by atoms with van der Waals surface area (Å²) in [4.78, 5) is 31.2. The van der Waals surface area contributed by atoms with Gasteiger partial charge < -0.3 is 20.1 Å². The summed E-state index contributed by atoms with van der Waals surface area (Å²) in [6, 6.07) is 14.8. The first-order chi connectivity index (χ1) is 14.1. The van der Waals surface area contributed by atoms with Crippen LogP contribution < -0.4 is 10.6 Å². The Hall–Kier alpha value is -3.35. The van der Waals surface area contributed by atoms with Gasteiger partial charge in [0.25, 0.3) is 5.91 Å². The smallest absolute Gasteiger partial charge is 0.319 e. The van der Waals surface area contributed by atoms with Crippen LogP contribution in [0.15, 0.2) is 48.5 Å². The number of benzene rings is 2. The number of imidazole rings is 1. The molecule has 150 valence electrons. The molecule has 1 fully saturated rings. The highest BCUT2D eigenvalue weighted by Crippen LogP contribution is 2.17. The summed E-state index contributed by atoms with van der Waals surface area (Å²) >= 11 is 0. The second-order valence-corrected chi connectivity index (χ2v) is 7.26. The Kier molecular flexibility index (Phi) is 5.46. The molecule has 0 atom stereocenters. The van der Waals surface area contributed by atoms with Gasteiger partial charge >= 0.3 is 6.03 Å². The molecular formula is C22H25N5O2. The Morgan fingerprint density at radius 2 is 1.86 bits per heavy atom. The van der Waals surface area contributed by atoms with Gasteiger partial charge in [-0.05, 0) is 50.1 Å². The van der Waals surface area contributed by atoms with Crippen molar-refractivity contribution in [3.05, 3.63) is 59.9 Å². The molecule has 29 heavy (non-hydrogen) atoms. The molecule has 7 heteroatoms. The van der Waals surface area contributed by atoms with Crippen molar-refractivity contribution in [2.75, 3.05) is 25.0 Å². The molecule has 0 radical (unpaired) electrons. The molecule has 0 unspecified atom stereocenters. The van der Waals surface area contributed by atoms with E-state index in [1.807, 2.05) is 36.1 Å². The van der Waals surface area contributed by atoms with E-state index in [0.717, 1.165) is 42.8 Å². The number of carbonyl (C=O) groups excluding carboxylic acids is 2. The van der Waals surface area contributed by atoms with Crippen LogP contribution in [0, 0.1) is 6.92 Å². The molecule has 1 aliphatic rings. The zero-order valence-electron chi connectivity index (χ0n) is 16.5. The van der Waals surface area contributed by atoms with E-state index in [1.165, 1.54) is 0 Å². The number of anilines is 1. The summed E-state index contributed by atoms with van der Waals surface area (Å²) in [7, 11) is 0. The molecule has 1 saturated heterocycles. The van der Waals surface area contributed by atoms with E-state index in [2.05, 4.69) is 20.2 Å². The highest BCUT2D eigenvalue weighted by atomic mass is 16.2. The Morgan fingerprint density at radius 1 is 1.07 bits per heavy atom. The molecule has 3 aromatic rings. The lowest BCUT2D eigenvalue weighted by Crippen LogP contribution is -2.32. The third kappa shape index (κ3) is 4.23. The van der Waals surface area contributed by atoms with E-state index in [1.54, 1.807) is 24.3 Å². The highest BCUT2D eigenvalue weighted by Gasteiger charge is 2.19. The number of amides is 3. The molecule has 0 saturated carbocycles. The number of aryl methyl sites for hydroxylation is 1. The second-order valence-electron chi connectivity index (χ2n) is 7.26. The molecule has 0 bridgehead atoms. The maximum Gasteiger partial charge on any atom is 0.319 e.